The smallest absolute Gasteiger partial charge is 0.416 e. The number of aromatic nitrogens is 3. The van der Waals surface area contributed by atoms with Gasteiger partial charge in [0, 0.05) is 38.9 Å². The number of hydrogen-bond donors (Lipinski definition) is 2. The molecule has 39 heavy (non-hydrogen) atoms. The van der Waals surface area contributed by atoms with E-state index < -0.39 is 17.8 Å². The molecule has 2 amide bonds. The molecule has 0 unspecified atom stereocenters. The molecular formula is C27H28F3N7O2. The highest BCUT2D eigenvalue weighted by molar-refractivity contribution is 5.98. The van der Waals surface area contributed by atoms with E-state index in [1.165, 1.54) is 18.5 Å². The number of nitrogens with zero attached hydrogens (tertiary/aromatic N) is 5. The molecule has 0 spiro atoms. The molecule has 0 atom stereocenters. The van der Waals surface area contributed by atoms with E-state index in [1.54, 1.807) is 36.5 Å². The fourth-order valence-corrected chi connectivity index (χ4v) is 4.72. The van der Waals surface area contributed by atoms with Crippen molar-refractivity contribution < 1.29 is 22.7 Å². The highest BCUT2D eigenvalue weighted by Crippen LogP contribution is 2.37. The Morgan fingerprint density at radius 3 is 2.38 bits per heavy atom. The van der Waals surface area contributed by atoms with Crippen LogP contribution >= 0.6 is 0 Å². The zero-order chi connectivity index (χ0) is 27.6. The van der Waals surface area contributed by atoms with Gasteiger partial charge in [0.1, 0.15) is 17.7 Å². The second kappa shape index (κ2) is 10.9. The van der Waals surface area contributed by atoms with E-state index in [2.05, 4.69) is 26.8 Å². The number of nitrogens with two attached hydrogens (primary N) is 1. The number of alkyl halides is 3. The summed E-state index contributed by atoms with van der Waals surface area (Å²) in [6.45, 7) is 6.19. The third-order valence-electron chi connectivity index (χ3n) is 6.81. The number of nitrogens with one attached hydrogen (secondary N) is 1. The molecule has 4 aromatic rings. The first-order valence-corrected chi connectivity index (χ1v) is 12.5. The predicted octanol–water partition coefficient (Wildman–Crippen LogP) is 5.12. The van der Waals surface area contributed by atoms with Gasteiger partial charge in [-0.3, -0.25) is 9.80 Å². The van der Waals surface area contributed by atoms with Gasteiger partial charge < -0.3 is 20.4 Å². The molecule has 1 aliphatic rings. The summed E-state index contributed by atoms with van der Waals surface area (Å²) < 4.78 is 48.2. The van der Waals surface area contributed by atoms with Gasteiger partial charge in [-0.05, 0) is 54.6 Å². The van der Waals surface area contributed by atoms with Crippen molar-refractivity contribution in [3.05, 3.63) is 72.2 Å². The van der Waals surface area contributed by atoms with Crippen LogP contribution in [0.2, 0.25) is 0 Å². The number of rotatable bonds is 7. The number of aromatic amines is 1. The number of benzene rings is 2. The number of likely N-dealkylation sites (N-methyl/N-ethyl adjacent to an activating group) is 1. The normalized spacial score (nSPS) is 15.0. The zero-order valence-electron chi connectivity index (χ0n) is 21.3. The molecular weight excluding hydrogens is 511 g/mol. The van der Waals surface area contributed by atoms with Crippen LogP contribution in [0.15, 0.2) is 61.1 Å². The Bertz CT molecular complexity index is 1450. The van der Waals surface area contributed by atoms with Crippen molar-refractivity contribution in [1.82, 2.24) is 24.8 Å². The molecule has 2 aromatic carbocycles. The summed E-state index contributed by atoms with van der Waals surface area (Å²) in [7, 11) is 0. The molecule has 0 aliphatic carbocycles. The Labute approximate surface area is 223 Å². The summed E-state index contributed by atoms with van der Waals surface area (Å²) in [5.41, 5.74) is 5.92. The second-order valence-electron chi connectivity index (χ2n) is 9.24. The van der Waals surface area contributed by atoms with Gasteiger partial charge in [-0.1, -0.05) is 13.0 Å². The van der Waals surface area contributed by atoms with Gasteiger partial charge in [-0.15, -0.1) is 0 Å². The number of amides is 2. The number of piperazine rings is 1. The van der Waals surface area contributed by atoms with Crippen LogP contribution in [0.5, 0.6) is 11.6 Å². The van der Waals surface area contributed by atoms with Crippen LogP contribution in [0.4, 0.5) is 29.3 Å². The number of carbonyl (C=O) groups is 1. The molecule has 3 heterocycles. The highest BCUT2D eigenvalue weighted by Gasteiger charge is 2.35. The number of primary amides is 1. The van der Waals surface area contributed by atoms with E-state index in [-0.39, 0.29) is 17.8 Å². The van der Waals surface area contributed by atoms with Crippen molar-refractivity contribution >= 4 is 28.4 Å². The zero-order valence-corrected chi connectivity index (χ0v) is 21.3. The minimum Gasteiger partial charge on any atom is -0.438 e. The Balaban J connectivity index is 1.39. The summed E-state index contributed by atoms with van der Waals surface area (Å²) in [6.07, 6.45) is -1.52. The predicted molar refractivity (Wildman–Crippen MR) is 141 cm³/mol. The van der Waals surface area contributed by atoms with E-state index in [0.29, 0.717) is 41.4 Å². The van der Waals surface area contributed by atoms with Crippen LogP contribution in [-0.2, 0) is 12.7 Å². The highest BCUT2D eigenvalue weighted by atomic mass is 19.4. The molecule has 204 valence electrons. The lowest BCUT2D eigenvalue weighted by atomic mass is 10.0. The van der Waals surface area contributed by atoms with Gasteiger partial charge in [-0.25, -0.2) is 14.8 Å². The van der Waals surface area contributed by atoms with Gasteiger partial charge in [0.25, 0.3) is 0 Å². The fraction of sp³-hybridized carbons (Fsp3) is 0.296. The molecule has 12 heteroatoms. The number of hydrogen-bond acceptors (Lipinski definition) is 6. The average Bonchev–Trinajstić information content (AvgIpc) is 3.40. The lowest BCUT2D eigenvalue weighted by Gasteiger charge is -2.34. The fourth-order valence-electron chi connectivity index (χ4n) is 4.72. The average molecular weight is 540 g/mol. The minimum absolute atomic E-state index is 0.0212. The van der Waals surface area contributed by atoms with Crippen LogP contribution in [0, 0.1) is 0 Å². The second-order valence-corrected chi connectivity index (χ2v) is 9.24. The third kappa shape index (κ3) is 5.81. The monoisotopic (exact) mass is 539 g/mol. The number of ether oxygens (including phenoxy) is 1. The van der Waals surface area contributed by atoms with E-state index in [9.17, 15) is 18.0 Å². The van der Waals surface area contributed by atoms with Crippen LogP contribution in [0.25, 0.3) is 11.0 Å². The third-order valence-corrected chi connectivity index (χ3v) is 6.81. The van der Waals surface area contributed by atoms with Gasteiger partial charge in [0.2, 0.25) is 5.88 Å². The van der Waals surface area contributed by atoms with Crippen molar-refractivity contribution in [2.75, 3.05) is 37.6 Å². The molecule has 1 aliphatic heterocycles. The van der Waals surface area contributed by atoms with Gasteiger partial charge in [0.05, 0.1) is 22.3 Å². The quantitative estimate of drug-likeness (QED) is 0.338. The number of anilines is 2. The van der Waals surface area contributed by atoms with E-state index >= 15 is 0 Å². The first kappa shape index (κ1) is 26.4. The van der Waals surface area contributed by atoms with Crippen molar-refractivity contribution in [1.29, 1.82) is 0 Å². The summed E-state index contributed by atoms with van der Waals surface area (Å²) >= 11 is 0. The molecule has 0 saturated carbocycles. The van der Waals surface area contributed by atoms with Crippen molar-refractivity contribution in [2.45, 2.75) is 19.6 Å². The Morgan fingerprint density at radius 2 is 1.72 bits per heavy atom. The van der Waals surface area contributed by atoms with Gasteiger partial charge in [0.15, 0.2) is 0 Å². The Hall–Kier alpha value is -4.16. The van der Waals surface area contributed by atoms with Crippen molar-refractivity contribution in [3.63, 3.8) is 0 Å². The molecule has 1 fully saturated rings. The van der Waals surface area contributed by atoms with Gasteiger partial charge in [-0.2, -0.15) is 13.2 Å². The maximum absolute atomic E-state index is 14.1. The number of fused-ring (bicyclic) bond motifs is 1. The van der Waals surface area contributed by atoms with Crippen LogP contribution in [0.1, 0.15) is 18.1 Å². The maximum Gasteiger partial charge on any atom is 0.416 e. The summed E-state index contributed by atoms with van der Waals surface area (Å²) in [4.78, 5) is 29.0. The maximum atomic E-state index is 14.1. The minimum atomic E-state index is -4.60. The van der Waals surface area contributed by atoms with Crippen molar-refractivity contribution in [3.8, 4) is 11.6 Å². The lowest BCUT2D eigenvalue weighted by Crippen LogP contribution is -2.45. The number of carbonyl (C=O) groups excluding carboxylic acids is 1. The molecule has 5 rings (SSSR count). The van der Waals surface area contributed by atoms with E-state index in [1.807, 2.05) is 4.90 Å². The van der Waals surface area contributed by atoms with E-state index in [4.69, 9.17) is 10.5 Å². The topological polar surface area (TPSA) is 104 Å². The molecule has 2 aromatic heterocycles. The Kier molecular flexibility index (Phi) is 7.40. The molecule has 0 radical (unpaired) electrons. The number of H-pyrrole nitrogens is 1. The Morgan fingerprint density at radius 1 is 1.03 bits per heavy atom. The van der Waals surface area contributed by atoms with Crippen LogP contribution in [0.3, 0.4) is 0 Å². The number of halogens is 3. The van der Waals surface area contributed by atoms with Gasteiger partial charge >= 0.3 is 12.2 Å². The first-order chi connectivity index (χ1) is 18.7. The summed E-state index contributed by atoms with van der Waals surface area (Å²) in [5, 5.41) is 0.687. The number of urea groups is 1. The lowest BCUT2D eigenvalue weighted by molar-refractivity contribution is -0.138. The SMILES string of the molecule is CCN1CCN(Cc2ccc(N(C(N)=O)c3ccc(Oc4ncnc5[nH]ccc45)cc3)cc2C(F)(F)F)CC1. The van der Waals surface area contributed by atoms with Crippen molar-refractivity contribution in [2.24, 2.45) is 5.73 Å². The van der Waals surface area contributed by atoms with Crippen LogP contribution < -0.4 is 15.4 Å². The molecule has 9 nitrogen and oxygen atoms in total. The molecule has 0 bridgehead atoms. The molecule has 3 N–H and O–H groups in total. The first-order valence-electron chi connectivity index (χ1n) is 12.5. The standard InChI is InChI=1S/C27H28F3N7O2/c1-2-35-11-13-36(14-12-35)16-18-3-4-20(15-23(18)27(28,29)30)37(26(31)38)19-5-7-21(8-6-19)39-25-22-9-10-32-24(22)33-17-34-25/h3-10,15,17H,2,11-14,16H2,1H3,(H2,31,38)(H,32,33,34). The summed E-state index contributed by atoms with van der Waals surface area (Å²) in [6, 6.07) is 11.0. The largest absolute Gasteiger partial charge is 0.438 e. The van der Waals surface area contributed by atoms with Crippen LogP contribution in [-0.4, -0.2) is 63.5 Å². The summed E-state index contributed by atoms with van der Waals surface area (Å²) in [5.74, 6) is 0.751. The van der Waals surface area contributed by atoms with E-state index in [0.717, 1.165) is 30.6 Å². The molecule has 1 saturated heterocycles.